The molecule has 0 saturated heterocycles. The Morgan fingerprint density at radius 3 is 1.89 bits per heavy atom. The largest absolute Gasteiger partial charge is 0.453 e. The highest BCUT2D eigenvalue weighted by Crippen LogP contribution is 2.45. The minimum Gasteiger partial charge on any atom is -0.294 e. The van der Waals surface area contributed by atoms with Crippen molar-refractivity contribution in [1.82, 2.24) is 4.90 Å². The van der Waals surface area contributed by atoms with Gasteiger partial charge in [0, 0.05) is 6.54 Å². The summed E-state index contributed by atoms with van der Waals surface area (Å²) in [6.45, 7) is 2.25. The van der Waals surface area contributed by atoms with Crippen LogP contribution >= 0.6 is 0 Å². The van der Waals surface area contributed by atoms with Crippen molar-refractivity contribution in [2.75, 3.05) is 6.54 Å². The first-order chi connectivity index (χ1) is 9.24. The van der Waals surface area contributed by atoms with Gasteiger partial charge < -0.3 is 0 Å². The average molecular weight is 252 g/mol. The highest BCUT2D eigenvalue weighted by Gasteiger charge is 2.34. The number of benzene rings is 2. The van der Waals surface area contributed by atoms with Crippen LogP contribution in [0.15, 0.2) is 48.5 Å². The minimum absolute atomic E-state index is 0.248. The van der Waals surface area contributed by atoms with Gasteiger partial charge in [0.05, 0.1) is 6.04 Å². The predicted octanol–water partition coefficient (Wildman–Crippen LogP) is 3.63. The lowest BCUT2D eigenvalue weighted by Crippen LogP contribution is -2.32. The smallest absolute Gasteiger partial charge is 0.294 e. The van der Waals surface area contributed by atoms with E-state index in [0.717, 1.165) is 22.3 Å². The van der Waals surface area contributed by atoms with Crippen molar-refractivity contribution in [1.29, 1.82) is 0 Å². The van der Waals surface area contributed by atoms with E-state index < -0.39 is 6.09 Å². The van der Waals surface area contributed by atoms with Gasteiger partial charge in [0.15, 0.2) is 0 Å². The molecule has 0 heterocycles. The normalized spacial score (nSPS) is 12.9. The van der Waals surface area contributed by atoms with E-state index in [4.69, 9.17) is 0 Å². The van der Waals surface area contributed by atoms with E-state index in [9.17, 15) is 9.90 Å². The van der Waals surface area contributed by atoms with E-state index in [1.165, 1.54) is 4.90 Å². The molecule has 0 unspecified atom stereocenters. The standard InChI is InChI=1S/C16H14NO2/c1-2-17(16(18)19)15-13-9-5-3-7-11(13)12-8-4-6-10-14(12)15/h3-10,15H,2H2,1H3. The van der Waals surface area contributed by atoms with E-state index in [-0.39, 0.29) is 6.04 Å². The molecule has 2 aromatic carbocycles. The Bertz CT molecular complexity index is 591. The number of fused-ring (bicyclic) bond motifs is 3. The van der Waals surface area contributed by atoms with Gasteiger partial charge >= 0.3 is 6.09 Å². The lowest BCUT2D eigenvalue weighted by Gasteiger charge is -2.25. The van der Waals surface area contributed by atoms with Crippen LogP contribution in [0.1, 0.15) is 24.1 Å². The summed E-state index contributed by atoms with van der Waals surface area (Å²) in [5.41, 5.74) is 4.30. The third-order valence-corrected chi connectivity index (χ3v) is 3.69. The van der Waals surface area contributed by atoms with Gasteiger partial charge in [-0.1, -0.05) is 48.5 Å². The van der Waals surface area contributed by atoms with Crippen LogP contribution in [0.2, 0.25) is 0 Å². The first-order valence-corrected chi connectivity index (χ1v) is 6.40. The van der Waals surface area contributed by atoms with Crippen molar-refractivity contribution in [3.63, 3.8) is 0 Å². The summed E-state index contributed by atoms with van der Waals surface area (Å²) in [5, 5.41) is 11.4. The van der Waals surface area contributed by atoms with Crippen LogP contribution in [0.25, 0.3) is 11.1 Å². The number of amides is 1. The summed E-state index contributed by atoms with van der Waals surface area (Å²) in [6.07, 6.45) is -1.13. The highest BCUT2D eigenvalue weighted by molar-refractivity contribution is 5.80. The zero-order chi connectivity index (χ0) is 13.4. The van der Waals surface area contributed by atoms with Crippen LogP contribution in [-0.2, 0) is 5.11 Å². The zero-order valence-electron chi connectivity index (χ0n) is 10.7. The number of nitrogens with zero attached hydrogens (tertiary/aromatic N) is 1. The number of hydrogen-bond donors (Lipinski definition) is 0. The fourth-order valence-electron chi connectivity index (χ4n) is 2.88. The lowest BCUT2D eigenvalue weighted by molar-refractivity contribution is 0.111. The van der Waals surface area contributed by atoms with Gasteiger partial charge in [0.25, 0.3) is 0 Å². The molecule has 19 heavy (non-hydrogen) atoms. The van der Waals surface area contributed by atoms with Gasteiger partial charge in [-0.05, 0) is 29.2 Å². The molecule has 1 amide bonds. The summed E-state index contributed by atoms with van der Waals surface area (Å²) in [7, 11) is 0. The molecule has 1 aliphatic carbocycles. The molecular weight excluding hydrogens is 238 g/mol. The molecule has 0 bridgehead atoms. The Balaban J connectivity index is 2.22. The Morgan fingerprint density at radius 1 is 1.00 bits per heavy atom. The van der Waals surface area contributed by atoms with E-state index in [0.29, 0.717) is 6.54 Å². The fraction of sp³-hybridized carbons (Fsp3) is 0.188. The number of rotatable bonds is 2. The molecule has 95 valence electrons. The Morgan fingerprint density at radius 2 is 1.47 bits per heavy atom. The lowest BCUT2D eigenvalue weighted by atomic mass is 10.0. The molecule has 3 nitrogen and oxygen atoms in total. The maximum absolute atomic E-state index is 11.4. The molecule has 3 rings (SSSR count). The second kappa shape index (κ2) is 4.43. The molecule has 0 saturated carbocycles. The second-order valence-corrected chi connectivity index (χ2v) is 4.63. The fourth-order valence-corrected chi connectivity index (χ4v) is 2.88. The Labute approximate surface area is 112 Å². The van der Waals surface area contributed by atoms with Gasteiger partial charge in [-0.2, -0.15) is 0 Å². The molecule has 1 radical (unpaired) electrons. The Hall–Kier alpha value is -2.29. The summed E-state index contributed by atoms with van der Waals surface area (Å²) in [6, 6.07) is 15.7. The van der Waals surface area contributed by atoms with Gasteiger partial charge in [-0.3, -0.25) is 4.90 Å². The molecular formula is C16H14NO2. The van der Waals surface area contributed by atoms with E-state index in [1.807, 2.05) is 55.5 Å². The SMILES string of the molecule is CCN(C([O])=O)C1c2ccccc2-c2ccccc21. The predicted molar refractivity (Wildman–Crippen MR) is 72.2 cm³/mol. The molecule has 3 heteroatoms. The van der Waals surface area contributed by atoms with Crippen molar-refractivity contribution < 1.29 is 9.90 Å². The molecule has 0 spiro atoms. The second-order valence-electron chi connectivity index (χ2n) is 4.63. The number of carbonyl (C=O) groups excluding carboxylic acids is 1. The summed E-state index contributed by atoms with van der Waals surface area (Å²) in [5.74, 6) is 0. The van der Waals surface area contributed by atoms with Crippen molar-refractivity contribution in [2.45, 2.75) is 13.0 Å². The highest BCUT2D eigenvalue weighted by atomic mass is 16.4. The zero-order valence-corrected chi connectivity index (χ0v) is 10.7. The molecule has 1 aliphatic rings. The van der Waals surface area contributed by atoms with Crippen LogP contribution < -0.4 is 0 Å². The van der Waals surface area contributed by atoms with Crippen LogP contribution in [0.3, 0.4) is 0 Å². The van der Waals surface area contributed by atoms with Gasteiger partial charge in [-0.25, -0.2) is 9.90 Å². The average Bonchev–Trinajstić information content (AvgIpc) is 2.75. The van der Waals surface area contributed by atoms with Crippen molar-refractivity contribution in [3.05, 3.63) is 59.7 Å². The molecule has 0 N–H and O–H groups in total. The van der Waals surface area contributed by atoms with Crippen molar-refractivity contribution in [2.24, 2.45) is 0 Å². The molecule has 0 aromatic heterocycles. The first-order valence-electron chi connectivity index (χ1n) is 6.40. The Kier molecular flexibility index (Phi) is 2.75. The molecule has 2 aromatic rings. The molecule has 0 aliphatic heterocycles. The van der Waals surface area contributed by atoms with Crippen LogP contribution in [0, 0.1) is 0 Å². The maximum Gasteiger partial charge on any atom is 0.453 e. The first kappa shape index (κ1) is 11.8. The van der Waals surface area contributed by atoms with Crippen LogP contribution in [0.4, 0.5) is 4.79 Å². The van der Waals surface area contributed by atoms with E-state index >= 15 is 0 Å². The summed E-state index contributed by atoms with van der Waals surface area (Å²) >= 11 is 0. The molecule has 0 fully saturated rings. The number of carbonyl (C=O) groups is 1. The summed E-state index contributed by atoms with van der Waals surface area (Å²) in [4.78, 5) is 12.7. The van der Waals surface area contributed by atoms with E-state index in [1.54, 1.807) is 0 Å². The summed E-state index contributed by atoms with van der Waals surface area (Å²) < 4.78 is 0. The van der Waals surface area contributed by atoms with Crippen LogP contribution in [-0.4, -0.2) is 17.5 Å². The van der Waals surface area contributed by atoms with Gasteiger partial charge in [0.2, 0.25) is 0 Å². The van der Waals surface area contributed by atoms with Crippen molar-refractivity contribution in [3.8, 4) is 11.1 Å². The number of hydrogen-bond acceptors (Lipinski definition) is 1. The third-order valence-electron chi connectivity index (χ3n) is 3.69. The monoisotopic (exact) mass is 252 g/mol. The van der Waals surface area contributed by atoms with Crippen molar-refractivity contribution >= 4 is 6.09 Å². The van der Waals surface area contributed by atoms with E-state index in [2.05, 4.69) is 0 Å². The quantitative estimate of drug-likeness (QED) is 0.804. The maximum atomic E-state index is 11.4. The van der Waals surface area contributed by atoms with Crippen LogP contribution in [0.5, 0.6) is 0 Å². The molecule has 0 atom stereocenters. The van der Waals surface area contributed by atoms with Gasteiger partial charge in [0.1, 0.15) is 0 Å². The third kappa shape index (κ3) is 1.70. The van der Waals surface area contributed by atoms with Gasteiger partial charge in [-0.15, -0.1) is 0 Å². The topological polar surface area (TPSA) is 40.2 Å². The minimum atomic E-state index is -1.13.